The van der Waals surface area contributed by atoms with Crippen LogP contribution in [0.15, 0.2) is 24.3 Å². The van der Waals surface area contributed by atoms with Gasteiger partial charge in [-0.2, -0.15) is 0 Å². The summed E-state index contributed by atoms with van der Waals surface area (Å²) in [6, 6.07) is 8.65. The van der Waals surface area contributed by atoms with Gasteiger partial charge in [-0.15, -0.1) is 0 Å². The number of benzene rings is 1. The van der Waals surface area contributed by atoms with Gasteiger partial charge in [-0.05, 0) is 31.0 Å². The summed E-state index contributed by atoms with van der Waals surface area (Å²) >= 11 is 0. The van der Waals surface area contributed by atoms with Crippen molar-refractivity contribution in [2.75, 3.05) is 19.7 Å². The van der Waals surface area contributed by atoms with Gasteiger partial charge in [-0.25, -0.2) is 0 Å². The van der Waals surface area contributed by atoms with Crippen molar-refractivity contribution in [3.8, 4) is 0 Å². The van der Waals surface area contributed by atoms with Crippen molar-refractivity contribution < 1.29 is 5.11 Å². The van der Waals surface area contributed by atoms with Crippen LogP contribution >= 0.6 is 0 Å². The van der Waals surface area contributed by atoms with E-state index < -0.39 is 0 Å². The third kappa shape index (κ3) is 3.10. The van der Waals surface area contributed by atoms with Gasteiger partial charge in [0.25, 0.3) is 0 Å². The van der Waals surface area contributed by atoms with Gasteiger partial charge in [-0.3, -0.25) is 4.90 Å². The predicted molar refractivity (Wildman–Crippen MR) is 74.3 cm³/mol. The molecule has 0 saturated heterocycles. The number of hydrogen-bond acceptors (Lipinski definition) is 3. The molecule has 3 nitrogen and oxygen atoms in total. The number of nitrogens with one attached hydrogen (secondary N) is 1. The molecule has 1 atom stereocenters. The van der Waals surface area contributed by atoms with Crippen LogP contribution in [-0.2, 0) is 13.1 Å². The lowest BCUT2D eigenvalue weighted by Gasteiger charge is -2.30. The van der Waals surface area contributed by atoms with Gasteiger partial charge < -0.3 is 10.4 Å². The number of nitrogens with zero attached hydrogens (tertiary/aromatic N) is 1. The second-order valence-corrected chi connectivity index (χ2v) is 5.48. The number of rotatable bonds is 6. The number of likely N-dealkylation sites (N-methyl/N-ethyl adjacent to an activating group) is 1. The van der Waals surface area contributed by atoms with E-state index in [9.17, 15) is 5.11 Å². The Kier molecular flexibility index (Phi) is 4.38. The highest BCUT2D eigenvalue weighted by Crippen LogP contribution is 2.23. The molecule has 2 N–H and O–H groups in total. The SMILES string of the molecule is CCNC(C)(CO)CCN1Cc2ccccc2C1. The van der Waals surface area contributed by atoms with Crippen LogP contribution in [0.5, 0.6) is 0 Å². The fourth-order valence-electron chi connectivity index (χ4n) is 2.62. The van der Waals surface area contributed by atoms with Crippen LogP contribution in [0, 0.1) is 0 Å². The Labute approximate surface area is 110 Å². The van der Waals surface area contributed by atoms with Gasteiger partial charge in [-0.1, -0.05) is 31.2 Å². The normalized spacial score (nSPS) is 18.6. The van der Waals surface area contributed by atoms with Crippen LogP contribution in [0.2, 0.25) is 0 Å². The van der Waals surface area contributed by atoms with Crippen LogP contribution in [0.1, 0.15) is 31.4 Å². The van der Waals surface area contributed by atoms with E-state index in [0.717, 1.165) is 32.6 Å². The molecule has 100 valence electrons. The maximum absolute atomic E-state index is 9.48. The van der Waals surface area contributed by atoms with Crippen molar-refractivity contribution in [2.24, 2.45) is 0 Å². The van der Waals surface area contributed by atoms with Crippen molar-refractivity contribution in [2.45, 2.75) is 38.9 Å². The number of fused-ring (bicyclic) bond motifs is 1. The molecule has 1 aliphatic heterocycles. The molecule has 18 heavy (non-hydrogen) atoms. The lowest BCUT2D eigenvalue weighted by atomic mass is 9.98. The molecule has 1 aromatic rings. The van der Waals surface area contributed by atoms with Crippen LogP contribution in [0.25, 0.3) is 0 Å². The number of aliphatic hydroxyl groups is 1. The average molecular weight is 248 g/mol. The van der Waals surface area contributed by atoms with Crippen molar-refractivity contribution >= 4 is 0 Å². The molecule has 0 amide bonds. The van der Waals surface area contributed by atoms with Gasteiger partial charge in [0.2, 0.25) is 0 Å². The first-order valence-corrected chi connectivity index (χ1v) is 6.82. The molecule has 0 fully saturated rings. The van der Waals surface area contributed by atoms with Crippen molar-refractivity contribution in [1.82, 2.24) is 10.2 Å². The zero-order valence-corrected chi connectivity index (χ0v) is 11.4. The third-order valence-electron chi connectivity index (χ3n) is 3.84. The highest BCUT2D eigenvalue weighted by atomic mass is 16.3. The summed E-state index contributed by atoms with van der Waals surface area (Å²) in [5.74, 6) is 0. The van der Waals surface area contributed by atoms with Gasteiger partial charge in [0.05, 0.1) is 6.61 Å². The molecule has 0 aliphatic carbocycles. The molecule has 1 heterocycles. The van der Waals surface area contributed by atoms with E-state index in [0.29, 0.717) is 0 Å². The summed E-state index contributed by atoms with van der Waals surface area (Å²) in [4.78, 5) is 2.45. The van der Waals surface area contributed by atoms with Crippen LogP contribution in [0.3, 0.4) is 0 Å². The van der Waals surface area contributed by atoms with Crippen molar-refractivity contribution in [3.05, 3.63) is 35.4 Å². The van der Waals surface area contributed by atoms with Gasteiger partial charge >= 0.3 is 0 Å². The van der Waals surface area contributed by atoms with E-state index in [1.807, 2.05) is 0 Å². The standard InChI is InChI=1S/C15H24N2O/c1-3-16-15(2,12-18)8-9-17-10-13-6-4-5-7-14(13)11-17/h4-7,16,18H,3,8-12H2,1-2H3. The predicted octanol–water partition coefficient (Wildman–Crippen LogP) is 1.75. The second kappa shape index (κ2) is 5.83. The minimum absolute atomic E-state index is 0.149. The topological polar surface area (TPSA) is 35.5 Å². The molecule has 2 rings (SSSR count). The zero-order chi connectivity index (χ0) is 13.0. The van der Waals surface area contributed by atoms with E-state index in [4.69, 9.17) is 0 Å². The molecule has 3 heteroatoms. The average Bonchev–Trinajstić information content (AvgIpc) is 2.79. The molecule has 1 unspecified atom stereocenters. The maximum atomic E-state index is 9.48. The smallest absolute Gasteiger partial charge is 0.0611 e. The minimum Gasteiger partial charge on any atom is -0.394 e. The quantitative estimate of drug-likeness (QED) is 0.805. The fraction of sp³-hybridized carbons (Fsp3) is 0.600. The Bertz CT molecular complexity index is 369. The summed E-state index contributed by atoms with van der Waals surface area (Å²) in [5, 5.41) is 12.9. The Morgan fingerprint density at radius 1 is 1.28 bits per heavy atom. The van der Waals surface area contributed by atoms with E-state index in [2.05, 4.69) is 48.3 Å². The first-order chi connectivity index (χ1) is 8.67. The van der Waals surface area contributed by atoms with Crippen LogP contribution in [0.4, 0.5) is 0 Å². The molecule has 1 aliphatic rings. The Morgan fingerprint density at radius 2 is 1.89 bits per heavy atom. The highest BCUT2D eigenvalue weighted by molar-refractivity contribution is 5.30. The summed E-state index contributed by atoms with van der Waals surface area (Å²) < 4.78 is 0. The molecule has 0 bridgehead atoms. The van der Waals surface area contributed by atoms with Gasteiger partial charge in [0.15, 0.2) is 0 Å². The molecule has 0 spiro atoms. The summed E-state index contributed by atoms with van der Waals surface area (Å²) in [7, 11) is 0. The Hall–Kier alpha value is -0.900. The monoisotopic (exact) mass is 248 g/mol. The largest absolute Gasteiger partial charge is 0.394 e. The van der Waals surface area contributed by atoms with E-state index >= 15 is 0 Å². The fourth-order valence-corrected chi connectivity index (χ4v) is 2.62. The zero-order valence-electron chi connectivity index (χ0n) is 11.4. The first-order valence-electron chi connectivity index (χ1n) is 6.82. The van der Waals surface area contributed by atoms with Crippen molar-refractivity contribution in [3.63, 3.8) is 0 Å². The van der Waals surface area contributed by atoms with Crippen LogP contribution in [-0.4, -0.2) is 35.2 Å². The minimum atomic E-state index is -0.149. The lowest BCUT2D eigenvalue weighted by Crippen LogP contribution is -2.47. The second-order valence-electron chi connectivity index (χ2n) is 5.48. The third-order valence-corrected chi connectivity index (χ3v) is 3.84. The molecule has 0 saturated carbocycles. The Balaban J connectivity index is 1.86. The van der Waals surface area contributed by atoms with E-state index in [-0.39, 0.29) is 12.1 Å². The Morgan fingerprint density at radius 3 is 2.39 bits per heavy atom. The molecule has 1 aromatic carbocycles. The first kappa shape index (κ1) is 13.5. The van der Waals surface area contributed by atoms with Crippen LogP contribution < -0.4 is 5.32 Å². The number of hydrogen-bond donors (Lipinski definition) is 2. The molecular formula is C15H24N2O. The van der Waals surface area contributed by atoms with Gasteiger partial charge in [0, 0.05) is 25.2 Å². The van der Waals surface area contributed by atoms with Gasteiger partial charge in [0.1, 0.15) is 0 Å². The van der Waals surface area contributed by atoms with Crippen molar-refractivity contribution in [1.29, 1.82) is 0 Å². The molecule has 0 radical (unpaired) electrons. The summed E-state index contributed by atoms with van der Waals surface area (Å²) in [6.45, 7) is 8.39. The molecule has 0 aromatic heterocycles. The summed E-state index contributed by atoms with van der Waals surface area (Å²) in [5.41, 5.74) is 2.75. The summed E-state index contributed by atoms with van der Waals surface area (Å²) in [6.07, 6.45) is 0.978. The maximum Gasteiger partial charge on any atom is 0.0611 e. The lowest BCUT2D eigenvalue weighted by molar-refractivity contribution is 0.146. The number of aliphatic hydroxyl groups excluding tert-OH is 1. The highest BCUT2D eigenvalue weighted by Gasteiger charge is 2.25. The van der Waals surface area contributed by atoms with E-state index in [1.165, 1.54) is 11.1 Å². The molecular weight excluding hydrogens is 224 g/mol. The van der Waals surface area contributed by atoms with E-state index in [1.54, 1.807) is 0 Å².